The predicted molar refractivity (Wildman–Crippen MR) is 190 cm³/mol. The maximum Gasteiger partial charge on any atom is 0.341 e. The Balaban J connectivity index is 0.000000280. The van der Waals surface area contributed by atoms with Crippen LogP contribution in [0.1, 0.15) is 119 Å². The average Bonchev–Trinajstić information content (AvgIpc) is 3.38. The number of benzene rings is 2. The number of fused-ring (bicyclic) bond motifs is 2. The first-order chi connectivity index (χ1) is 21.6. The molecular weight excluding hydrogens is 616 g/mol. The molecule has 47 heavy (non-hydrogen) atoms. The minimum atomic E-state index is -0.575. The van der Waals surface area contributed by atoms with E-state index in [1.807, 2.05) is 125 Å². The van der Waals surface area contributed by atoms with Crippen molar-refractivity contribution in [3.8, 4) is 0 Å². The van der Waals surface area contributed by atoms with Crippen molar-refractivity contribution in [1.82, 2.24) is 9.55 Å². The van der Waals surface area contributed by atoms with Crippen molar-refractivity contribution < 1.29 is 28.7 Å². The third kappa shape index (κ3) is 11.7. The van der Waals surface area contributed by atoms with E-state index in [2.05, 4.69) is 4.98 Å². The molecule has 9 heteroatoms. The number of esters is 2. The van der Waals surface area contributed by atoms with Crippen molar-refractivity contribution in [2.75, 3.05) is 0 Å². The third-order valence-electron chi connectivity index (χ3n) is 6.61. The Bertz CT molecular complexity index is 1710. The van der Waals surface area contributed by atoms with Gasteiger partial charge in [0.05, 0.1) is 16.6 Å². The number of aromatic amines is 1. The lowest BCUT2D eigenvalue weighted by Crippen LogP contribution is -2.24. The smallest absolute Gasteiger partial charge is 0.341 e. The van der Waals surface area contributed by atoms with E-state index in [9.17, 15) is 19.2 Å². The zero-order chi connectivity index (χ0) is 35.9. The van der Waals surface area contributed by atoms with Crippen molar-refractivity contribution in [3.05, 3.63) is 71.0 Å². The molecule has 4 rings (SSSR count). The number of hydrogen-bond acceptors (Lipinski definition) is 6. The molecule has 0 unspecified atom stereocenters. The van der Waals surface area contributed by atoms with Gasteiger partial charge in [-0.2, -0.15) is 0 Å². The molecule has 0 bridgehead atoms. The van der Waals surface area contributed by atoms with Gasteiger partial charge in [0.2, 0.25) is 11.1 Å². The number of rotatable bonds is 6. The molecular formula is C38H51ClN2O6. The van der Waals surface area contributed by atoms with Crippen LogP contribution in [0.4, 0.5) is 0 Å². The molecule has 4 aromatic rings. The summed E-state index contributed by atoms with van der Waals surface area (Å²) in [5.41, 5.74) is 3.29. The second-order valence-corrected chi connectivity index (χ2v) is 14.9. The predicted octanol–water partition coefficient (Wildman–Crippen LogP) is 9.82. The molecule has 1 N–H and O–H groups in total. The maximum atomic E-state index is 12.6. The van der Waals surface area contributed by atoms with Crippen molar-refractivity contribution in [3.63, 3.8) is 0 Å². The number of halogens is 1. The van der Waals surface area contributed by atoms with Crippen LogP contribution in [0.25, 0.3) is 21.8 Å². The number of ether oxygens (including phenoxy) is 2. The zero-order valence-electron chi connectivity index (χ0n) is 30.0. The number of carbonyl (C=O) groups is 4. The summed E-state index contributed by atoms with van der Waals surface area (Å²) >= 11 is 5.03. The van der Waals surface area contributed by atoms with Gasteiger partial charge in [0.25, 0.3) is 0 Å². The van der Waals surface area contributed by atoms with Crippen molar-refractivity contribution in [2.45, 2.75) is 107 Å². The van der Waals surface area contributed by atoms with Gasteiger partial charge < -0.3 is 14.5 Å². The van der Waals surface area contributed by atoms with E-state index >= 15 is 0 Å². The average molecular weight is 667 g/mol. The summed E-state index contributed by atoms with van der Waals surface area (Å²) in [5.74, 6) is -0.00343. The van der Waals surface area contributed by atoms with Gasteiger partial charge in [0.15, 0.2) is 0 Å². The van der Waals surface area contributed by atoms with Gasteiger partial charge in [-0.05, 0) is 91.0 Å². The van der Waals surface area contributed by atoms with Gasteiger partial charge in [-0.1, -0.05) is 64.1 Å². The second kappa shape index (κ2) is 16.3. The second-order valence-electron chi connectivity index (χ2n) is 14.4. The Labute approximate surface area is 284 Å². The van der Waals surface area contributed by atoms with Crippen molar-refractivity contribution in [1.29, 1.82) is 0 Å². The van der Waals surface area contributed by atoms with Crippen LogP contribution >= 0.6 is 11.6 Å². The Morgan fingerprint density at radius 1 is 0.723 bits per heavy atom. The van der Waals surface area contributed by atoms with Gasteiger partial charge in [-0.3, -0.25) is 14.2 Å². The van der Waals surface area contributed by atoms with E-state index in [-0.39, 0.29) is 29.0 Å². The third-order valence-corrected chi connectivity index (χ3v) is 6.77. The molecule has 0 spiro atoms. The number of carbonyl (C=O) groups excluding carboxylic acids is 4. The number of hydrogen-bond donors (Lipinski definition) is 1. The number of aryl methyl sites for hydroxylation is 1. The molecule has 0 saturated heterocycles. The lowest BCUT2D eigenvalue weighted by atomic mass is 10.1. The van der Waals surface area contributed by atoms with E-state index in [1.54, 1.807) is 11.5 Å². The number of H-pyrrole nitrogens is 1. The van der Waals surface area contributed by atoms with E-state index in [1.165, 1.54) is 0 Å². The van der Waals surface area contributed by atoms with Crippen LogP contribution in [0.3, 0.4) is 0 Å². The topological polar surface area (TPSA) is 107 Å². The Kier molecular flexibility index (Phi) is 13.6. The highest BCUT2D eigenvalue weighted by Crippen LogP contribution is 2.29. The minimum absolute atomic E-state index is 0.00325. The van der Waals surface area contributed by atoms with Crippen LogP contribution < -0.4 is 0 Å². The lowest BCUT2D eigenvalue weighted by Gasteiger charge is -2.19. The van der Waals surface area contributed by atoms with Crippen LogP contribution in [0.2, 0.25) is 0 Å². The first-order valence-electron chi connectivity index (χ1n) is 16.0. The molecule has 0 fully saturated rings. The van der Waals surface area contributed by atoms with Crippen LogP contribution in [0, 0.1) is 25.7 Å². The summed E-state index contributed by atoms with van der Waals surface area (Å²) in [6.07, 6.45) is 0.925. The summed E-state index contributed by atoms with van der Waals surface area (Å²) in [5, 5.41) is 1.44. The fourth-order valence-electron chi connectivity index (χ4n) is 4.91. The number of para-hydroxylation sites is 2. The number of nitrogens with zero attached hydrogens (tertiary/aromatic N) is 1. The Hall–Kier alpha value is -3.91. The molecule has 0 amide bonds. The van der Waals surface area contributed by atoms with Crippen molar-refractivity contribution in [2.24, 2.45) is 11.8 Å². The molecule has 2 heterocycles. The summed E-state index contributed by atoms with van der Waals surface area (Å²) in [6, 6.07) is 15.2. The van der Waals surface area contributed by atoms with Gasteiger partial charge in [-0.15, -0.1) is 0 Å². The summed E-state index contributed by atoms with van der Waals surface area (Å²) in [7, 11) is 0. The highest BCUT2D eigenvalue weighted by Gasteiger charge is 2.27. The highest BCUT2D eigenvalue weighted by atomic mass is 35.5. The molecule has 0 aliphatic carbocycles. The van der Waals surface area contributed by atoms with E-state index < -0.39 is 11.2 Å². The van der Waals surface area contributed by atoms with Crippen LogP contribution in [0.5, 0.6) is 0 Å². The van der Waals surface area contributed by atoms with Crippen LogP contribution in [-0.2, 0) is 14.3 Å². The van der Waals surface area contributed by atoms with E-state index in [4.69, 9.17) is 21.1 Å². The fourth-order valence-corrected chi connectivity index (χ4v) is 5.21. The van der Waals surface area contributed by atoms with E-state index in [0.29, 0.717) is 35.6 Å². The minimum Gasteiger partial charge on any atom is -0.456 e. The van der Waals surface area contributed by atoms with Gasteiger partial charge >= 0.3 is 11.9 Å². The quantitative estimate of drug-likeness (QED) is 0.162. The zero-order valence-corrected chi connectivity index (χ0v) is 30.7. The SMILES string of the molecule is CC(C)CC(=O)Cl.Cc1[nH]c2ccccc2c1C(=O)OC(C)(C)C.Cc1c(C(=O)OC(C)(C)C)c2ccccc2n1C(=O)CC(C)C. The highest BCUT2D eigenvalue weighted by molar-refractivity contribution is 6.63. The van der Waals surface area contributed by atoms with Gasteiger partial charge in [-0.25, -0.2) is 9.59 Å². The number of aromatic nitrogens is 2. The fraction of sp³-hybridized carbons (Fsp3) is 0.474. The lowest BCUT2D eigenvalue weighted by molar-refractivity contribution is -0.112. The largest absolute Gasteiger partial charge is 0.456 e. The molecule has 0 radical (unpaired) electrons. The molecule has 2 aromatic carbocycles. The standard InChI is InChI=1S/C19H25NO3.C14H17NO2.C5H9ClO/c1-12(2)11-16(21)20-13(3)17(18(22)23-19(4,5)6)14-9-7-8-10-15(14)20;1-9-12(13(16)17-14(2,3)4)10-7-5-6-8-11(10)15-9;1-4(2)3-5(6)7/h7-10,12H,11H2,1-6H3;5-8,15H,1-4H3;4H,3H2,1-2H3. The molecule has 0 aliphatic rings. The molecule has 2 aromatic heterocycles. The number of nitrogens with one attached hydrogen (secondary N) is 1. The first-order valence-corrected chi connectivity index (χ1v) is 16.4. The maximum absolute atomic E-state index is 12.6. The molecule has 8 nitrogen and oxygen atoms in total. The van der Waals surface area contributed by atoms with Crippen molar-refractivity contribution >= 4 is 56.5 Å². The van der Waals surface area contributed by atoms with Gasteiger partial charge in [0.1, 0.15) is 11.2 Å². The molecule has 0 atom stereocenters. The summed E-state index contributed by atoms with van der Waals surface area (Å²) < 4.78 is 12.6. The molecule has 0 aliphatic heterocycles. The van der Waals surface area contributed by atoms with Crippen LogP contribution in [0.15, 0.2) is 48.5 Å². The van der Waals surface area contributed by atoms with Gasteiger partial charge in [0, 0.05) is 40.5 Å². The molecule has 0 saturated carbocycles. The Morgan fingerprint density at radius 3 is 1.66 bits per heavy atom. The van der Waals surface area contributed by atoms with Crippen LogP contribution in [-0.4, -0.2) is 43.8 Å². The monoisotopic (exact) mass is 666 g/mol. The normalized spacial score (nSPS) is 11.6. The Morgan fingerprint density at radius 2 is 1.19 bits per heavy atom. The van der Waals surface area contributed by atoms with E-state index in [0.717, 1.165) is 27.5 Å². The summed E-state index contributed by atoms with van der Waals surface area (Å²) in [4.78, 5) is 50.6. The molecule has 256 valence electrons. The summed E-state index contributed by atoms with van der Waals surface area (Å²) in [6.45, 7) is 22.7. The first kappa shape index (κ1) is 39.3.